The Hall–Kier alpha value is -2.35. The number of anilines is 1. The van der Waals surface area contributed by atoms with Gasteiger partial charge in [0.25, 0.3) is 0 Å². The molecule has 4 aromatic heterocycles. The normalized spacial score (nSPS) is 17.3. The molecule has 1 atom stereocenters. The van der Waals surface area contributed by atoms with Crippen molar-refractivity contribution in [3.05, 3.63) is 57.4 Å². The third-order valence-electron chi connectivity index (χ3n) is 6.40. The number of pyridine rings is 1. The first-order valence-corrected chi connectivity index (χ1v) is 12.8. The second-order valence-electron chi connectivity index (χ2n) is 8.33. The van der Waals surface area contributed by atoms with Gasteiger partial charge in [-0.15, -0.1) is 22.7 Å². The van der Waals surface area contributed by atoms with Crippen LogP contribution in [0.2, 0.25) is 0 Å². The lowest BCUT2D eigenvalue weighted by Gasteiger charge is -2.27. The van der Waals surface area contributed by atoms with E-state index in [1.54, 1.807) is 6.20 Å². The van der Waals surface area contributed by atoms with Gasteiger partial charge in [0.15, 0.2) is 5.82 Å². The maximum atomic E-state index is 5.03. The van der Waals surface area contributed by atoms with E-state index < -0.39 is 0 Å². The van der Waals surface area contributed by atoms with Crippen LogP contribution in [-0.2, 0) is 12.8 Å². The second kappa shape index (κ2) is 8.30. The van der Waals surface area contributed by atoms with Crippen molar-refractivity contribution in [3.8, 4) is 11.4 Å². The summed E-state index contributed by atoms with van der Waals surface area (Å²) in [4.78, 5) is 20.9. The van der Waals surface area contributed by atoms with Gasteiger partial charge < -0.3 is 5.32 Å². The maximum absolute atomic E-state index is 5.03. The summed E-state index contributed by atoms with van der Waals surface area (Å²) in [6.45, 7) is 3.22. The Bertz CT molecular complexity index is 1180. The highest BCUT2D eigenvalue weighted by Gasteiger charge is 2.26. The van der Waals surface area contributed by atoms with E-state index in [-0.39, 0.29) is 0 Å². The summed E-state index contributed by atoms with van der Waals surface area (Å²) in [5.74, 6) is 1.75. The molecule has 0 amide bonds. The highest BCUT2D eigenvalue weighted by atomic mass is 32.1. The van der Waals surface area contributed by atoms with Crippen LogP contribution in [0.1, 0.15) is 40.6 Å². The summed E-state index contributed by atoms with van der Waals surface area (Å²) in [5, 5.41) is 7.21. The van der Waals surface area contributed by atoms with E-state index in [0.29, 0.717) is 6.04 Å². The molecule has 5 nitrogen and oxygen atoms in total. The van der Waals surface area contributed by atoms with E-state index in [9.17, 15) is 0 Å². The first-order valence-electron chi connectivity index (χ1n) is 11.1. The van der Waals surface area contributed by atoms with Gasteiger partial charge in [-0.25, -0.2) is 9.97 Å². The fourth-order valence-electron chi connectivity index (χ4n) is 4.88. The molecular weight excluding hydrogens is 422 g/mol. The molecule has 1 N–H and O–H groups in total. The summed E-state index contributed by atoms with van der Waals surface area (Å²) in [6, 6.07) is 8.82. The molecule has 0 bridgehead atoms. The molecule has 5 heterocycles. The third kappa shape index (κ3) is 3.64. The van der Waals surface area contributed by atoms with Crippen LogP contribution < -0.4 is 5.32 Å². The topological polar surface area (TPSA) is 53.9 Å². The van der Waals surface area contributed by atoms with Crippen molar-refractivity contribution < 1.29 is 0 Å². The molecule has 0 saturated carbocycles. The molecular formula is C24H25N5S2. The summed E-state index contributed by atoms with van der Waals surface area (Å²) >= 11 is 3.70. The van der Waals surface area contributed by atoms with Crippen LogP contribution >= 0.6 is 22.7 Å². The van der Waals surface area contributed by atoms with Crippen LogP contribution in [0.15, 0.2) is 42.0 Å². The van der Waals surface area contributed by atoms with E-state index >= 15 is 0 Å². The Kier molecular flexibility index (Phi) is 5.18. The van der Waals surface area contributed by atoms with Crippen LogP contribution in [0.5, 0.6) is 0 Å². The highest BCUT2D eigenvalue weighted by Crippen LogP contribution is 2.41. The quantitative estimate of drug-likeness (QED) is 0.420. The smallest absolute Gasteiger partial charge is 0.164 e. The summed E-state index contributed by atoms with van der Waals surface area (Å²) in [5.41, 5.74) is 2.43. The van der Waals surface area contributed by atoms with Gasteiger partial charge in [0.1, 0.15) is 10.6 Å². The zero-order valence-electron chi connectivity index (χ0n) is 17.4. The van der Waals surface area contributed by atoms with Crippen molar-refractivity contribution in [2.45, 2.75) is 38.1 Å². The number of hydrogen-bond donors (Lipinski definition) is 1. The Morgan fingerprint density at radius 3 is 2.81 bits per heavy atom. The van der Waals surface area contributed by atoms with Gasteiger partial charge in [0, 0.05) is 34.3 Å². The highest BCUT2D eigenvalue weighted by molar-refractivity contribution is 7.19. The largest absolute Gasteiger partial charge is 0.367 e. The van der Waals surface area contributed by atoms with Crippen molar-refractivity contribution in [2.75, 3.05) is 25.0 Å². The molecule has 0 radical (unpaired) electrons. The van der Waals surface area contributed by atoms with Gasteiger partial charge in [-0.3, -0.25) is 9.88 Å². The number of aromatic nitrogens is 3. The van der Waals surface area contributed by atoms with Crippen molar-refractivity contribution in [3.63, 3.8) is 0 Å². The van der Waals surface area contributed by atoms with Crippen LogP contribution in [0.4, 0.5) is 5.82 Å². The zero-order chi connectivity index (χ0) is 20.6. The molecule has 0 spiro atoms. The zero-order valence-corrected chi connectivity index (χ0v) is 19.0. The molecule has 1 aliphatic carbocycles. The number of fused-ring (bicyclic) bond motifs is 3. The number of rotatable bonds is 6. The summed E-state index contributed by atoms with van der Waals surface area (Å²) in [6.07, 6.45) is 9.79. The van der Waals surface area contributed by atoms with Gasteiger partial charge in [-0.1, -0.05) is 6.07 Å². The van der Waals surface area contributed by atoms with Crippen LogP contribution in [-0.4, -0.2) is 39.5 Å². The van der Waals surface area contributed by atoms with E-state index in [0.717, 1.165) is 35.0 Å². The molecule has 4 aromatic rings. The van der Waals surface area contributed by atoms with E-state index in [4.69, 9.17) is 9.97 Å². The van der Waals surface area contributed by atoms with Gasteiger partial charge in [-0.2, -0.15) is 0 Å². The van der Waals surface area contributed by atoms with Crippen LogP contribution in [0, 0.1) is 0 Å². The van der Waals surface area contributed by atoms with Crippen molar-refractivity contribution >= 4 is 38.7 Å². The first kappa shape index (κ1) is 19.3. The predicted octanol–water partition coefficient (Wildman–Crippen LogP) is 5.55. The Balaban J connectivity index is 1.39. The minimum absolute atomic E-state index is 0.390. The number of likely N-dealkylation sites (tertiary alicyclic amines) is 1. The molecule has 31 heavy (non-hydrogen) atoms. The molecule has 0 unspecified atom stereocenters. The van der Waals surface area contributed by atoms with E-state index in [1.165, 1.54) is 59.5 Å². The lowest BCUT2D eigenvalue weighted by Crippen LogP contribution is -2.30. The molecule has 1 aliphatic heterocycles. The van der Waals surface area contributed by atoms with Crippen molar-refractivity contribution in [1.82, 2.24) is 19.9 Å². The maximum Gasteiger partial charge on any atom is 0.164 e. The molecule has 0 aromatic carbocycles. The molecule has 1 fully saturated rings. The van der Waals surface area contributed by atoms with Gasteiger partial charge in [0.05, 0.1) is 11.4 Å². The molecule has 7 heteroatoms. The van der Waals surface area contributed by atoms with E-state index in [1.807, 2.05) is 41.0 Å². The molecule has 6 rings (SSSR count). The first-order chi connectivity index (χ1) is 15.4. The number of aryl methyl sites for hydroxylation is 2. The fourth-order valence-corrected chi connectivity index (χ4v) is 7.01. The average Bonchev–Trinajstić information content (AvgIpc) is 3.59. The lowest BCUT2D eigenvalue weighted by atomic mass is 10.1. The van der Waals surface area contributed by atoms with Crippen LogP contribution in [0.3, 0.4) is 0 Å². The predicted molar refractivity (Wildman–Crippen MR) is 129 cm³/mol. The SMILES string of the molecule is c1cncc(-c2nc(NC[C@@H](c3cccs3)N3CCCC3)c3c4c(sc3n2)CCC4)c1. The van der Waals surface area contributed by atoms with Gasteiger partial charge >= 0.3 is 0 Å². The second-order valence-corrected chi connectivity index (χ2v) is 10.4. The Morgan fingerprint density at radius 2 is 2.00 bits per heavy atom. The van der Waals surface area contributed by atoms with Gasteiger partial charge in [0.2, 0.25) is 0 Å². The Labute approximate surface area is 190 Å². The Morgan fingerprint density at radius 1 is 1.06 bits per heavy atom. The molecule has 158 valence electrons. The minimum Gasteiger partial charge on any atom is -0.367 e. The lowest BCUT2D eigenvalue weighted by molar-refractivity contribution is 0.259. The van der Waals surface area contributed by atoms with Crippen molar-refractivity contribution in [2.24, 2.45) is 0 Å². The van der Waals surface area contributed by atoms with Crippen molar-refractivity contribution in [1.29, 1.82) is 0 Å². The number of thiophene rings is 2. The molecule has 1 saturated heterocycles. The monoisotopic (exact) mass is 447 g/mol. The third-order valence-corrected chi connectivity index (χ3v) is 8.56. The fraction of sp³-hybridized carbons (Fsp3) is 0.375. The van der Waals surface area contributed by atoms with Gasteiger partial charge in [-0.05, 0) is 74.3 Å². The standard InChI is InChI=1S/C24H25N5S2/c1-2-12-29(11-1)18(20-9-5-13-30-20)15-26-23-21-17-7-3-8-19(17)31-24(21)28-22(27-23)16-6-4-10-25-14-16/h4-6,9-10,13-14,18H,1-3,7-8,11-12,15H2,(H,26,27,28)/t18-/m0/s1. The number of nitrogens with one attached hydrogen (secondary N) is 1. The summed E-state index contributed by atoms with van der Waals surface area (Å²) < 4.78 is 0. The summed E-state index contributed by atoms with van der Waals surface area (Å²) in [7, 11) is 0. The molecule has 2 aliphatic rings. The average molecular weight is 448 g/mol. The minimum atomic E-state index is 0.390. The van der Waals surface area contributed by atoms with E-state index in [2.05, 4.69) is 32.7 Å². The number of nitrogens with zero attached hydrogens (tertiary/aromatic N) is 4. The number of hydrogen-bond acceptors (Lipinski definition) is 7. The van der Waals surface area contributed by atoms with Crippen LogP contribution in [0.25, 0.3) is 21.6 Å².